The van der Waals surface area contributed by atoms with Gasteiger partial charge >= 0.3 is 16.6 Å². The van der Waals surface area contributed by atoms with Gasteiger partial charge in [0.25, 0.3) is 0 Å². The number of nitrogens with two attached hydrogens (primary N) is 1. The summed E-state index contributed by atoms with van der Waals surface area (Å²) < 4.78 is 43.1. The molecule has 0 saturated carbocycles. The van der Waals surface area contributed by atoms with Crippen molar-refractivity contribution in [3.8, 4) is 5.75 Å². The molecule has 0 aliphatic carbocycles. The van der Waals surface area contributed by atoms with E-state index in [1.165, 1.54) is 12.1 Å². The lowest BCUT2D eigenvalue weighted by Gasteiger charge is -2.21. The normalized spacial score (nSPS) is 11.9. The third kappa shape index (κ3) is 5.86. The highest BCUT2D eigenvalue weighted by atomic mass is 32.3. The van der Waals surface area contributed by atoms with Crippen LogP contribution in [0, 0.1) is 6.92 Å². The van der Waals surface area contributed by atoms with E-state index in [1.54, 1.807) is 27.7 Å². The number of halogens is 1. The number of rotatable bonds is 4. The fourth-order valence-corrected chi connectivity index (χ4v) is 1.99. The molecule has 124 valence electrons. The molecule has 0 fully saturated rings. The summed E-state index contributed by atoms with van der Waals surface area (Å²) in [6.45, 7) is 6.81. The summed E-state index contributed by atoms with van der Waals surface area (Å²) in [7, 11) is -5.17. The Morgan fingerprint density at radius 1 is 1.36 bits per heavy atom. The average Bonchev–Trinajstić information content (AvgIpc) is 2.28. The van der Waals surface area contributed by atoms with E-state index in [0.29, 0.717) is 11.1 Å². The summed E-state index contributed by atoms with van der Waals surface area (Å²) in [6.07, 6.45) is -0.737. The number of anilines is 1. The van der Waals surface area contributed by atoms with Crippen molar-refractivity contribution < 1.29 is 26.0 Å². The zero-order valence-corrected chi connectivity index (χ0v) is 13.6. The number of carbonyl (C=O) groups excluding carboxylic acids is 1. The van der Waals surface area contributed by atoms with E-state index >= 15 is 0 Å². The molecule has 0 radical (unpaired) electrons. The van der Waals surface area contributed by atoms with Crippen molar-refractivity contribution in [2.45, 2.75) is 39.8 Å². The van der Waals surface area contributed by atoms with Crippen LogP contribution in [-0.4, -0.2) is 20.1 Å². The van der Waals surface area contributed by atoms with E-state index in [9.17, 15) is 17.1 Å². The maximum atomic E-state index is 12.6. The van der Waals surface area contributed by atoms with E-state index in [2.05, 4.69) is 9.50 Å². The van der Waals surface area contributed by atoms with Crippen LogP contribution in [0.4, 0.5) is 14.4 Å². The van der Waals surface area contributed by atoms with Crippen LogP contribution in [0.25, 0.3) is 0 Å². The number of carbonyl (C=O) groups is 1. The third-order valence-electron chi connectivity index (χ3n) is 2.54. The second kappa shape index (κ2) is 6.49. The van der Waals surface area contributed by atoms with Gasteiger partial charge in [-0.15, -0.1) is 0 Å². The Bertz CT molecular complexity index is 668. The molecule has 0 aliphatic heterocycles. The van der Waals surface area contributed by atoms with E-state index < -0.39 is 22.2 Å². The number of nitrogens with one attached hydrogen (secondary N) is 1. The summed E-state index contributed by atoms with van der Waals surface area (Å²) >= 11 is 0. The first-order chi connectivity index (χ1) is 9.91. The monoisotopic (exact) mass is 334 g/mol. The Morgan fingerprint density at radius 2 is 1.95 bits per heavy atom. The van der Waals surface area contributed by atoms with Gasteiger partial charge in [0.1, 0.15) is 11.4 Å². The lowest BCUT2D eigenvalue weighted by molar-refractivity contribution is 0.0636. The topological polar surface area (TPSA) is 108 Å². The van der Waals surface area contributed by atoms with E-state index in [0.717, 1.165) is 0 Å². The van der Waals surface area contributed by atoms with E-state index in [4.69, 9.17) is 10.5 Å². The fraction of sp³-hybridized carbons (Fsp3) is 0.462. The highest BCUT2D eigenvalue weighted by molar-refractivity contribution is 7.81. The van der Waals surface area contributed by atoms with Crippen LogP contribution in [0.3, 0.4) is 0 Å². The Balaban J connectivity index is 3.12. The molecule has 0 aromatic heterocycles. The van der Waals surface area contributed by atoms with Crippen LogP contribution in [0.2, 0.25) is 0 Å². The minimum absolute atomic E-state index is 0.0539. The van der Waals surface area contributed by atoms with Crippen molar-refractivity contribution in [1.82, 2.24) is 0 Å². The second-order valence-electron chi connectivity index (χ2n) is 5.56. The fourth-order valence-electron chi connectivity index (χ4n) is 1.66. The van der Waals surface area contributed by atoms with E-state index in [1.807, 2.05) is 0 Å². The molecular formula is C13H19FN2O5S. The number of hydrogen-bond donors (Lipinski definition) is 2. The Kier molecular flexibility index (Phi) is 5.36. The van der Waals surface area contributed by atoms with Crippen LogP contribution in [0.15, 0.2) is 12.1 Å². The van der Waals surface area contributed by atoms with Gasteiger partial charge in [-0.3, -0.25) is 5.32 Å². The molecule has 1 aromatic rings. The minimum atomic E-state index is -5.17. The first-order valence-electron chi connectivity index (χ1n) is 6.39. The summed E-state index contributed by atoms with van der Waals surface area (Å²) in [5, 5.41) is 2.45. The first-order valence-corrected chi connectivity index (χ1v) is 7.70. The zero-order chi connectivity index (χ0) is 17.1. The van der Waals surface area contributed by atoms with Gasteiger partial charge in [0.05, 0.1) is 5.69 Å². The van der Waals surface area contributed by atoms with Gasteiger partial charge in [0.2, 0.25) is 0 Å². The molecule has 1 rings (SSSR count). The lowest BCUT2D eigenvalue weighted by Crippen LogP contribution is -2.27. The van der Waals surface area contributed by atoms with Crippen molar-refractivity contribution in [3.63, 3.8) is 0 Å². The number of benzene rings is 1. The van der Waals surface area contributed by atoms with Crippen LogP contribution in [0.1, 0.15) is 31.9 Å². The minimum Gasteiger partial charge on any atom is -0.444 e. The lowest BCUT2D eigenvalue weighted by atomic mass is 10.1. The molecule has 0 aliphatic rings. The van der Waals surface area contributed by atoms with Crippen molar-refractivity contribution >= 4 is 22.3 Å². The molecule has 0 heterocycles. The molecule has 0 unspecified atom stereocenters. The van der Waals surface area contributed by atoms with Gasteiger partial charge in [0, 0.05) is 12.6 Å². The van der Waals surface area contributed by atoms with Crippen LogP contribution in [-0.2, 0) is 21.8 Å². The number of ether oxygens (including phenoxy) is 1. The molecule has 1 aromatic carbocycles. The first kappa shape index (κ1) is 18.2. The Morgan fingerprint density at radius 3 is 2.41 bits per heavy atom. The molecule has 0 atom stereocenters. The van der Waals surface area contributed by atoms with Crippen molar-refractivity contribution in [2.75, 3.05) is 5.32 Å². The second-order valence-corrected chi connectivity index (χ2v) is 6.52. The van der Waals surface area contributed by atoms with Crippen LogP contribution < -0.4 is 15.2 Å². The maximum Gasteiger partial charge on any atom is 0.488 e. The van der Waals surface area contributed by atoms with Gasteiger partial charge in [-0.2, -0.15) is 8.42 Å². The molecule has 22 heavy (non-hydrogen) atoms. The molecule has 0 saturated heterocycles. The average molecular weight is 334 g/mol. The summed E-state index contributed by atoms with van der Waals surface area (Å²) in [5.41, 5.74) is 6.14. The van der Waals surface area contributed by atoms with Gasteiger partial charge in [-0.25, -0.2) is 4.79 Å². The number of hydrogen-bond acceptors (Lipinski definition) is 6. The van der Waals surface area contributed by atoms with Crippen LogP contribution in [0.5, 0.6) is 5.75 Å². The highest BCUT2D eigenvalue weighted by Gasteiger charge is 2.19. The molecule has 1 amide bonds. The number of amides is 1. The summed E-state index contributed by atoms with van der Waals surface area (Å²) in [5.74, 6) is -0.292. The quantitative estimate of drug-likeness (QED) is 0.819. The summed E-state index contributed by atoms with van der Waals surface area (Å²) in [4.78, 5) is 11.8. The third-order valence-corrected chi connectivity index (χ3v) is 2.93. The molecule has 9 heteroatoms. The van der Waals surface area contributed by atoms with Crippen LogP contribution >= 0.6 is 0 Å². The van der Waals surface area contributed by atoms with E-state index in [-0.39, 0.29) is 18.0 Å². The van der Waals surface area contributed by atoms with Crippen molar-refractivity contribution in [2.24, 2.45) is 5.73 Å². The largest absolute Gasteiger partial charge is 0.488 e. The predicted octanol–water partition coefficient (Wildman–Crippen LogP) is 2.39. The van der Waals surface area contributed by atoms with Crippen molar-refractivity contribution in [3.05, 3.63) is 23.3 Å². The smallest absolute Gasteiger partial charge is 0.444 e. The molecule has 3 N–H and O–H groups in total. The molecule has 0 bridgehead atoms. The summed E-state index contributed by atoms with van der Waals surface area (Å²) in [6, 6.07) is 2.46. The predicted molar refractivity (Wildman–Crippen MR) is 79.6 cm³/mol. The molecular weight excluding hydrogens is 315 g/mol. The van der Waals surface area contributed by atoms with Gasteiger partial charge in [-0.1, -0.05) is 3.89 Å². The molecule has 7 nitrogen and oxygen atoms in total. The maximum absolute atomic E-state index is 12.6. The van der Waals surface area contributed by atoms with Gasteiger partial charge in [-0.05, 0) is 44.9 Å². The standard InChI is InChI=1S/C13H19FN2O5S/c1-8-9(7-15)5-10(21-22(14,18)19)6-11(8)16-12(17)20-13(2,3)4/h5-6H,7,15H2,1-4H3,(H,16,17). The van der Waals surface area contributed by atoms with Gasteiger partial charge < -0.3 is 14.7 Å². The molecule has 0 spiro atoms. The van der Waals surface area contributed by atoms with Gasteiger partial charge in [0.15, 0.2) is 0 Å². The highest BCUT2D eigenvalue weighted by Crippen LogP contribution is 2.28. The zero-order valence-electron chi connectivity index (χ0n) is 12.8. The Labute approximate surface area is 129 Å². The Hall–Kier alpha value is -1.87. The SMILES string of the molecule is Cc1c(CN)cc(OS(=O)(=O)F)cc1NC(=O)OC(C)(C)C. The van der Waals surface area contributed by atoms with Crippen molar-refractivity contribution in [1.29, 1.82) is 0 Å².